The minimum atomic E-state index is -5.08. The Bertz CT molecular complexity index is 1780. The molecule has 4 aromatic rings. The van der Waals surface area contributed by atoms with Gasteiger partial charge in [-0.2, -0.15) is 26.3 Å². The molecule has 278 valence electrons. The molecule has 12 nitrogen and oxygen atoms in total. The molecule has 0 saturated heterocycles. The minimum absolute atomic E-state index is 0.00823. The maximum absolute atomic E-state index is 13.6. The number of amides is 1. The standard InChI is InChI=1S/C30H33N7O.2C2HF3O2/c1-19-16-17-23-22(18-19)27(34-24-14-8-9-15-25(24)35-30(31)32)37-28(33-23)29(38)36-26(20-10-4-2-5-11-20)21-12-6-3-7-13-21;2*3-2(4,5)1(6)7/h2-7,10-13,16-18,24-26H,8-9,14-15H2,1H3,(H,36,38)(H4,31,32,35)(H,33,34,37);2*(H,6,7). The molecule has 2 atom stereocenters. The van der Waals surface area contributed by atoms with Crippen molar-refractivity contribution in [2.24, 2.45) is 5.73 Å². The highest BCUT2D eigenvalue weighted by Gasteiger charge is 2.39. The van der Waals surface area contributed by atoms with Gasteiger partial charge < -0.3 is 31.9 Å². The molecule has 5 rings (SSSR count). The number of halogens is 6. The fraction of sp³-hybridized carbons (Fsp3) is 0.294. The van der Waals surface area contributed by atoms with E-state index in [9.17, 15) is 31.1 Å². The molecule has 1 saturated carbocycles. The Labute approximate surface area is 293 Å². The van der Waals surface area contributed by atoms with Gasteiger partial charge in [0.25, 0.3) is 5.91 Å². The van der Waals surface area contributed by atoms with Gasteiger partial charge in [-0.1, -0.05) is 85.1 Å². The van der Waals surface area contributed by atoms with Crippen molar-refractivity contribution in [3.8, 4) is 0 Å². The number of aromatic nitrogens is 2. The third-order valence-electron chi connectivity index (χ3n) is 7.51. The van der Waals surface area contributed by atoms with Crippen LogP contribution in [0.2, 0.25) is 0 Å². The summed E-state index contributed by atoms with van der Waals surface area (Å²) in [6.07, 6.45) is -6.21. The zero-order valence-corrected chi connectivity index (χ0v) is 27.4. The number of nitrogens with zero attached hydrogens (tertiary/aromatic N) is 2. The maximum Gasteiger partial charge on any atom is 0.490 e. The van der Waals surface area contributed by atoms with Crippen molar-refractivity contribution in [1.82, 2.24) is 20.6 Å². The lowest BCUT2D eigenvalue weighted by Gasteiger charge is -2.33. The number of rotatable bonds is 7. The van der Waals surface area contributed by atoms with Crippen LogP contribution in [0, 0.1) is 12.3 Å². The van der Waals surface area contributed by atoms with Crippen LogP contribution in [0.25, 0.3) is 10.9 Å². The molecule has 1 heterocycles. The van der Waals surface area contributed by atoms with E-state index >= 15 is 0 Å². The Balaban J connectivity index is 0.000000441. The first-order chi connectivity index (χ1) is 24.4. The summed E-state index contributed by atoms with van der Waals surface area (Å²) in [5.74, 6) is -5.19. The number of guanidine groups is 1. The van der Waals surface area contributed by atoms with E-state index in [1.807, 2.05) is 85.8 Å². The predicted octanol–water partition coefficient (Wildman–Crippen LogP) is 5.93. The Kier molecular flexibility index (Phi) is 13.9. The lowest BCUT2D eigenvalue weighted by molar-refractivity contribution is -0.193. The number of nitrogens with two attached hydrogens (primary N) is 1. The number of nitrogens with one attached hydrogen (secondary N) is 4. The van der Waals surface area contributed by atoms with Crippen molar-refractivity contribution in [3.05, 3.63) is 101 Å². The number of aliphatic carboxylic acids is 2. The Hall–Kier alpha value is -5.94. The number of aryl methyl sites for hydroxylation is 1. The highest BCUT2D eigenvalue weighted by Crippen LogP contribution is 2.28. The van der Waals surface area contributed by atoms with Gasteiger partial charge in [-0.3, -0.25) is 10.2 Å². The van der Waals surface area contributed by atoms with Crippen LogP contribution in [0.4, 0.5) is 32.2 Å². The Morgan fingerprint density at radius 3 is 1.75 bits per heavy atom. The molecule has 1 aromatic heterocycles. The summed E-state index contributed by atoms with van der Waals surface area (Å²) < 4.78 is 63.5. The lowest BCUT2D eigenvalue weighted by atomic mass is 9.90. The third-order valence-corrected chi connectivity index (χ3v) is 7.51. The molecule has 1 aliphatic rings. The van der Waals surface area contributed by atoms with Crippen LogP contribution in [-0.4, -0.2) is 68.4 Å². The second kappa shape index (κ2) is 17.8. The monoisotopic (exact) mass is 735 g/mol. The molecule has 1 aliphatic carbocycles. The van der Waals surface area contributed by atoms with Gasteiger partial charge in [0, 0.05) is 17.5 Å². The van der Waals surface area contributed by atoms with Crippen molar-refractivity contribution < 1.29 is 50.9 Å². The molecular formula is C34H35F6N7O5. The van der Waals surface area contributed by atoms with Gasteiger partial charge in [0.2, 0.25) is 5.82 Å². The number of carboxylic acid groups (broad SMARTS) is 2. The Morgan fingerprint density at radius 1 is 0.808 bits per heavy atom. The van der Waals surface area contributed by atoms with Gasteiger partial charge in [0.05, 0.1) is 11.6 Å². The second-order valence-corrected chi connectivity index (χ2v) is 11.4. The van der Waals surface area contributed by atoms with Gasteiger partial charge in [0.15, 0.2) is 5.96 Å². The van der Waals surface area contributed by atoms with Gasteiger partial charge in [0.1, 0.15) is 5.82 Å². The van der Waals surface area contributed by atoms with Crippen LogP contribution in [0.5, 0.6) is 0 Å². The summed E-state index contributed by atoms with van der Waals surface area (Å²) in [7, 11) is 0. The highest BCUT2D eigenvalue weighted by atomic mass is 19.4. The number of alkyl halides is 6. The topological polar surface area (TPSA) is 203 Å². The summed E-state index contributed by atoms with van der Waals surface area (Å²) in [6, 6.07) is 25.4. The van der Waals surface area contributed by atoms with Crippen molar-refractivity contribution in [1.29, 1.82) is 5.41 Å². The molecule has 18 heteroatoms. The molecule has 1 fully saturated rings. The van der Waals surface area contributed by atoms with Crippen LogP contribution < -0.4 is 21.7 Å². The van der Waals surface area contributed by atoms with Crippen molar-refractivity contribution in [2.45, 2.75) is 63.1 Å². The quantitative estimate of drug-likeness (QED) is 0.0677. The number of fused-ring (bicyclic) bond motifs is 1. The predicted molar refractivity (Wildman–Crippen MR) is 179 cm³/mol. The largest absolute Gasteiger partial charge is 0.490 e. The normalized spacial score (nSPS) is 15.6. The maximum atomic E-state index is 13.6. The average molecular weight is 736 g/mol. The minimum Gasteiger partial charge on any atom is -0.475 e. The molecule has 0 aliphatic heterocycles. The number of carbonyl (C=O) groups is 3. The number of hydrogen-bond acceptors (Lipinski definition) is 7. The van der Waals surface area contributed by atoms with Crippen LogP contribution in [-0.2, 0) is 9.59 Å². The van der Waals surface area contributed by atoms with Crippen molar-refractivity contribution in [2.75, 3.05) is 5.32 Å². The zero-order chi connectivity index (χ0) is 38.6. The zero-order valence-electron chi connectivity index (χ0n) is 27.4. The Morgan fingerprint density at radius 2 is 1.29 bits per heavy atom. The molecule has 0 bridgehead atoms. The van der Waals surface area contributed by atoms with Crippen molar-refractivity contribution in [3.63, 3.8) is 0 Å². The second-order valence-electron chi connectivity index (χ2n) is 11.4. The number of anilines is 1. The van der Waals surface area contributed by atoms with Gasteiger partial charge in [-0.25, -0.2) is 19.6 Å². The molecule has 3 aromatic carbocycles. The van der Waals surface area contributed by atoms with E-state index in [2.05, 4.69) is 20.9 Å². The van der Waals surface area contributed by atoms with E-state index in [0.717, 1.165) is 47.8 Å². The summed E-state index contributed by atoms with van der Waals surface area (Å²) in [6.45, 7) is 2.02. The summed E-state index contributed by atoms with van der Waals surface area (Å²) in [5.41, 5.74) is 9.39. The van der Waals surface area contributed by atoms with Crippen LogP contribution in [0.15, 0.2) is 78.9 Å². The first-order valence-corrected chi connectivity index (χ1v) is 15.5. The summed E-state index contributed by atoms with van der Waals surface area (Å²) in [4.78, 5) is 40.8. The number of carboxylic acids is 2. The molecule has 0 spiro atoms. The van der Waals surface area contributed by atoms with Gasteiger partial charge in [-0.05, 0) is 43.0 Å². The summed E-state index contributed by atoms with van der Waals surface area (Å²) >= 11 is 0. The molecular weight excluding hydrogens is 700 g/mol. The van der Waals surface area contributed by atoms with Gasteiger partial charge >= 0.3 is 24.3 Å². The average Bonchev–Trinajstić information content (AvgIpc) is 3.08. The van der Waals surface area contributed by atoms with E-state index < -0.39 is 24.3 Å². The smallest absolute Gasteiger partial charge is 0.475 e. The molecule has 52 heavy (non-hydrogen) atoms. The van der Waals surface area contributed by atoms with E-state index in [4.69, 9.17) is 35.9 Å². The SMILES string of the molecule is Cc1ccc2nc(C(=O)NC(c3ccccc3)c3ccccc3)nc(NC3CCCCC3NC(=N)N)c2c1.O=C(O)C(F)(F)F.O=C(O)C(F)(F)F. The van der Waals surface area contributed by atoms with Crippen LogP contribution in [0.3, 0.4) is 0 Å². The van der Waals surface area contributed by atoms with E-state index in [-0.39, 0.29) is 35.8 Å². The van der Waals surface area contributed by atoms with Gasteiger partial charge in [-0.15, -0.1) is 0 Å². The molecule has 2 unspecified atom stereocenters. The molecule has 0 radical (unpaired) electrons. The molecule has 8 N–H and O–H groups in total. The van der Waals surface area contributed by atoms with Crippen LogP contribution >= 0.6 is 0 Å². The highest BCUT2D eigenvalue weighted by molar-refractivity contribution is 5.97. The molecule has 1 amide bonds. The fourth-order valence-electron chi connectivity index (χ4n) is 5.15. The number of carbonyl (C=O) groups excluding carboxylic acids is 1. The number of hydrogen-bond donors (Lipinski definition) is 7. The van der Waals surface area contributed by atoms with E-state index in [1.165, 1.54) is 0 Å². The van der Waals surface area contributed by atoms with Crippen LogP contribution in [0.1, 0.15) is 59.0 Å². The third kappa shape index (κ3) is 12.1. The summed E-state index contributed by atoms with van der Waals surface area (Å²) in [5, 5.41) is 32.6. The number of benzene rings is 3. The lowest BCUT2D eigenvalue weighted by Crippen LogP contribution is -2.50. The van der Waals surface area contributed by atoms with Crippen molar-refractivity contribution >= 4 is 40.5 Å². The first kappa shape index (κ1) is 40.5. The first-order valence-electron chi connectivity index (χ1n) is 15.5. The fourth-order valence-corrected chi connectivity index (χ4v) is 5.15. The van der Waals surface area contributed by atoms with E-state index in [1.54, 1.807) is 0 Å². The van der Waals surface area contributed by atoms with E-state index in [0.29, 0.717) is 11.3 Å².